The summed E-state index contributed by atoms with van der Waals surface area (Å²) in [5, 5.41) is 2.99. The van der Waals surface area contributed by atoms with Crippen LogP contribution in [0.25, 0.3) is 5.52 Å². The van der Waals surface area contributed by atoms with Crippen LogP contribution in [0.3, 0.4) is 0 Å². The lowest BCUT2D eigenvalue weighted by molar-refractivity contribution is -0.174. The summed E-state index contributed by atoms with van der Waals surface area (Å²) in [4.78, 5) is 9.16. The van der Waals surface area contributed by atoms with E-state index in [0.29, 0.717) is 18.4 Å². The van der Waals surface area contributed by atoms with Gasteiger partial charge in [-0.25, -0.2) is 9.97 Å². The van der Waals surface area contributed by atoms with Crippen LogP contribution < -0.4 is 10.4 Å². The first-order valence-electron chi connectivity index (χ1n) is 13.3. The minimum atomic E-state index is -2.63. The van der Waals surface area contributed by atoms with Gasteiger partial charge in [0.2, 0.25) is 0 Å². The molecular weight excluding hydrogens is 578 g/mol. The molecule has 0 N–H and O–H groups in total. The number of ether oxygens (including phenoxy) is 1. The third kappa shape index (κ3) is 4.09. The summed E-state index contributed by atoms with van der Waals surface area (Å²) in [6, 6.07) is 21.7. The SMILES string of the molecule is CC(C)(C)[Si](OCC12CCC(c3nc(Br)c4c(Cl)nccn34)(CC1)CO2)(c1ccccc1)c1ccccc1. The Morgan fingerprint density at radius 1 is 1.00 bits per heavy atom. The van der Waals surface area contributed by atoms with Crippen molar-refractivity contribution in [3.63, 3.8) is 0 Å². The highest BCUT2D eigenvalue weighted by Crippen LogP contribution is 2.51. The van der Waals surface area contributed by atoms with Gasteiger partial charge in [-0.1, -0.05) is 93.0 Å². The van der Waals surface area contributed by atoms with E-state index in [1.54, 1.807) is 6.20 Å². The Balaban J connectivity index is 1.31. The smallest absolute Gasteiger partial charge is 0.261 e. The molecule has 3 fully saturated rings. The van der Waals surface area contributed by atoms with E-state index >= 15 is 0 Å². The van der Waals surface area contributed by atoms with Crippen molar-refractivity contribution < 1.29 is 9.16 Å². The number of imidazole rings is 1. The second-order valence-corrected chi connectivity index (χ2v) is 17.3. The number of benzene rings is 2. The molecule has 2 aromatic heterocycles. The molecule has 2 aromatic carbocycles. The Labute approximate surface area is 238 Å². The molecule has 0 amide bonds. The van der Waals surface area contributed by atoms with Crippen molar-refractivity contribution in [2.24, 2.45) is 0 Å². The highest BCUT2D eigenvalue weighted by Gasteiger charge is 2.56. The van der Waals surface area contributed by atoms with Crippen LogP contribution in [-0.4, -0.2) is 41.5 Å². The average Bonchev–Trinajstić information content (AvgIpc) is 3.29. The molecule has 8 heteroatoms. The summed E-state index contributed by atoms with van der Waals surface area (Å²) in [6.07, 6.45) is 7.57. The Morgan fingerprint density at radius 2 is 1.61 bits per heavy atom. The largest absolute Gasteiger partial charge is 0.404 e. The molecule has 0 radical (unpaired) electrons. The van der Waals surface area contributed by atoms with E-state index in [-0.39, 0.29) is 16.1 Å². The van der Waals surface area contributed by atoms with E-state index in [0.717, 1.165) is 41.6 Å². The quantitative estimate of drug-likeness (QED) is 0.240. The van der Waals surface area contributed by atoms with Gasteiger partial charge in [0, 0.05) is 12.4 Å². The molecule has 0 atom stereocenters. The highest BCUT2D eigenvalue weighted by atomic mass is 79.9. The van der Waals surface area contributed by atoms with Gasteiger partial charge in [-0.15, -0.1) is 0 Å². The molecule has 0 spiro atoms. The third-order valence-corrected chi connectivity index (χ3v) is 14.5. The van der Waals surface area contributed by atoms with Gasteiger partial charge in [0.15, 0.2) is 5.15 Å². The van der Waals surface area contributed by atoms with Crippen molar-refractivity contribution in [2.75, 3.05) is 13.2 Å². The monoisotopic (exact) mass is 609 g/mol. The first kappa shape index (κ1) is 26.2. The maximum Gasteiger partial charge on any atom is 0.261 e. The van der Waals surface area contributed by atoms with Crippen molar-refractivity contribution in [2.45, 2.75) is 62.5 Å². The number of hydrogen-bond donors (Lipinski definition) is 0. The van der Waals surface area contributed by atoms with E-state index in [1.165, 1.54) is 10.4 Å². The van der Waals surface area contributed by atoms with E-state index in [4.69, 9.17) is 25.7 Å². The molecule has 4 aromatic rings. The fourth-order valence-corrected chi connectivity index (χ4v) is 12.1. The molecule has 2 bridgehead atoms. The second kappa shape index (κ2) is 9.56. The fourth-order valence-electron chi connectivity index (χ4n) is 6.58. The second-order valence-electron chi connectivity index (χ2n) is 11.9. The number of hydrogen-bond acceptors (Lipinski definition) is 4. The molecule has 4 heterocycles. The van der Waals surface area contributed by atoms with Gasteiger partial charge >= 0.3 is 0 Å². The summed E-state index contributed by atoms with van der Waals surface area (Å²) >= 11 is 10.0. The van der Waals surface area contributed by atoms with Crippen LogP contribution in [0.5, 0.6) is 0 Å². The van der Waals surface area contributed by atoms with Crippen LogP contribution in [0.15, 0.2) is 77.7 Å². The average molecular weight is 611 g/mol. The van der Waals surface area contributed by atoms with Gasteiger partial charge in [0.05, 0.1) is 24.2 Å². The molecule has 1 saturated carbocycles. The zero-order valence-electron chi connectivity index (χ0n) is 22.1. The Bertz CT molecular complexity index is 1390. The Hall–Kier alpha value is -2.03. The molecule has 7 rings (SSSR count). The van der Waals surface area contributed by atoms with E-state index in [2.05, 4.69) is 107 Å². The van der Waals surface area contributed by atoms with Crippen molar-refractivity contribution in [3.8, 4) is 0 Å². The van der Waals surface area contributed by atoms with Gasteiger partial charge in [0.25, 0.3) is 8.32 Å². The molecular formula is C30H33BrClN3O2Si. The molecule has 3 aliphatic rings. The molecule has 2 aliphatic heterocycles. The van der Waals surface area contributed by atoms with Gasteiger partial charge in [-0.05, 0) is 57.0 Å². The predicted molar refractivity (Wildman–Crippen MR) is 158 cm³/mol. The number of fused-ring (bicyclic) bond motifs is 4. The van der Waals surface area contributed by atoms with Crippen molar-refractivity contribution in [1.29, 1.82) is 0 Å². The molecule has 198 valence electrons. The van der Waals surface area contributed by atoms with Crippen LogP contribution in [0.1, 0.15) is 52.3 Å². The van der Waals surface area contributed by atoms with E-state index in [9.17, 15) is 0 Å². The fraction of sp³-hybridized carbons (Fsp3) is 0.400. The van der Waals surface area contributed by atoms with Gasteiger partial charge in [-0.3, -0.25) is 4.40 Å². The van der Waals surface area contributed by atoms with Gasteiger partial charge < -0.3 is 9.16 Å². The molecule has 2 saturated heterocycles. The minimum Gasteiger partial charge on any atom is -0.404 e. The number of rotatable bonds is 6. The van der Waals surface area contributed by atoms with Crippen molar-refractivity contribution in [1.82, 2.24) is 14.4 Å². The lowest BCUT2D eigenvalue weighted by Gasteiger charge is -2.54. The topological polar surface area (TPSA) is 48.7 Å². The Morgan fingerprint density at radius 3 is 2.13 bits per heavy atom. The zero-order chi connectivity index (χ0) is 26.6. The van der Waals surface area contributed by atoms with Gasteiger partial charge in [0.1, 0.15) is 15.9 Å². The first-order chi connectivity index (χ1) is 18.2. The van der Waals surface area contributed by atoms with Gasteiger partial charge in [-0.2, -0.15) is 0 Å². The lowest BCUT2D eigenvalue weighted by Crippen LogP contribution is -2.68. The van der Waals surface area contributed by atoms with Crippen LogP contribution in [0.2, 0.25) is 10.2 Å². The van der Waals surface area contributed by atoms with Crippen LogP contribution in [-0.2, 0) is 14.6 Å². The Kier molecular flexibility index (Phi) is 6.59. The van der Waals surface area contributed by atoms with Crippen LogP contribution >= 0.6 is 27.5 Å². The maximum absolute atomic E-state index is 7.31. The van der Waals surface area contributed by atoms with E-state index < -0.39 is 8.32 Å². The predicted octanol–water partition coefficient (Wildman–Crippen LogP) is 6.30. The van der Waals surface area contributed by atoms with Crippen molar-refractivity contribution >= 4 is 51.7 Å². The minimum absolute atomic E-state index is 0.0617. The summed E-state index contributed by atoms with van der Waals surface area (Å²) < 4.78 is 16.9. The zero-order valence-corrected chi connectivity index (χ0v) is 25.4. The highest BCUT2D eigenvalue weighted by molar-refractivity contribution is 9.10. The molecule has 1 aliphatic carbocycles. The first-order valence-corrected chi connectivity index (χ1v) is 16.4. The summed E-state index contributed by atoms with van der Waals surface area (Å²) in [5.74, 6) is 1.00. The lowest BCUT2D eigenvalue weighted by atomic mass is 9.66. The van der Waals surface area contributed by atoms with E-state index in [1.807, 2.05) is 6.20 Å². The number of aromatic nitrogens is 3. The third-order valence-electron chi connectivity index (χ3n) is 8.68. The summed E-state index contributed by atoms with van der Waals surface area (Å²) in [7, 11) is -2.63. The standard InChI is InChI=1S/C30H33BrClN3O2Si/c1-28(2,3)38(22-10-6-4-7-11-22,23-12-8-5-9-13-23)37-21-30-16-14-29(15-17-30,20-36-30)27-34-25(31)24-26(32)33-18-19-35(24)27/h4-13,18-19H,14-17,20-21H2,1-3H3. The van der Waals surface area contributed by atoms with Crippen molar-refractivity contribution in [3.05, 3.63) is 88.6 Å². The summed E-state index contributed by atoms with van der Waals surface area (Å²) in [5.41, 5.74) is 0.396. The summed E-state index contributed by atoms with van der Waals surface area (Å²) in [6.45, 7) is 8.20. The normalized spacial score (nSPS) is 23.7. The number of halogens is 2. The molecule has 0 unspecified atom stereocenters. The number of nitrogens with zero attached hydrogens (tertiary/aromatic N) is 3. The van der Waals surface area contributed by atoms with Crippen LogP contribution in [0.4, 0.5) is 0 Å². The molecule has 5 nitrogen and oxygen atoms in total. The molecule has 38 heavy (non-hydrogen) atoms. The maximum atomic E-state index is 7.31. The van der Waals surface area contributed by atoms with Crippen LogP contribution in [0, 0.1) is 0 Å².